The van der Waals surface area contributed by atoms with Gasteiger partial charge in [-0.3, -0.25) is 0 Å². The van der Waals surface area contributed by atoms with Crippen LogP contribution in [-0.4, -0.2) is 6.54 Å². The summed E-state index contributed by atoms with van der Waals surface area (Å²) < 4.78 is 0. The van der Waals surface area contributed by atoms with Gasteiger partial charge in [0.15, 0.2) is 0 Å². The zero-order chi connectivity index (χ0) is 13.2. The van der Waals surface area contributed by atoms with Gasteiger partial charge < -0.3 is 5.73 Å². The molecule has 1 aliphatic rings. The Kier molecular flexibility index (Phi) is 3.39. The lowest BCUT2D eigenvalue weighted by atomic mass is 9.91. The number of rotatable bonds is 4. The maximum atomic E-state index is 6.02. The van der Waals surface area contributed by atoms with Crippen molar-refractivity contribution in [3.05, 3.63) is 71.3 Å². The Balaban J connectivity index is 1.77. The Morgan fingerprint density at radius 3 is 2.37 bits per heavy atom. The quantitative estimate of drug-likeness (QED) is 0.877. The van der Waals surface area contributed by atoms with E-state index in [0.717, 1.165) is 12.5 Å². The van der Waals surface area contributed by atoms with E-state index in [1.807, 2.05) is 0 Å². The van der Waals surface area contributed by atoms with Gasteiger partial charge in [-0.15, -0.1) is 0 Å². The van der Waals surface area contributed by atoms with Gasteiger partial charge in [-0.05, 0) is 48.8 Å². The van der Waals surface area contributed by atoms with Crippen molar-refractivity contribution >= 4 is 0 Å². The highest BCUT2D eigenvalue weighted by molar-refractivity contribution is 5.32. The van der Waals surface area contributed by atoms with Crippen molar-refractivity contribution in [1.82, 2.24) is 0 Å². The van der Waals surface area contributed by atoms with Gasteiger partial charge in [0.05, 0.1) is 0 Å². The molecule has 3 unspecified atom stereocenters. The third-order valence-electron chi connectivity index (χ3n) is 4.34. The Hall–Kier alpha value is -1.60. The van der Waals surface area contributed by atoms with Crippen LogP contribution in [0, 0.1) is 12.8 Å². The number of benzene rings is 2. The fourth-order valence-corrected chi connectivity index (χ4v) is 3.11. The molecule has 0 amide bonds. The first-order chi connectivity index (χ1) is 9.29. The van der Waals surface area contributed by atoms with Crippen LogP contribution in [0.25, 0.3) is 0 Å². The molecule has 0 aromatic heterocycles. The van der Waals surface area contributed by atoms with Crippen LogP contribution >= 0.6 is 0 Å². The van der Waals surface area contributed by atoms with E-state index in [4.69, 9.17) is 5.73 Å². The van der Waals surface area contributed by atoms with E-state index in [1.54, 1.807) is 0 Å². The van der Waals surface area contributed by atoms with Gasteiger partial charge in [0.25, 0.3) is 0 Å². The molecule has 1 heteroatoms. The molecular weight excluding hydrogens is 230 g/mol. The first kappa shape index (κ1) is 12.4. The second-order valence-corrected chi connectivity index (χ2v) is 5.67. The zero-order valence-corrected chi connectivity index (χ0v) is 11.4. The van der Waals surface area contributed by atoms with Gasteiger partial charge in [-0.2, -0.15) is 0 Å². The molecule has 1 fully saturated rings. The second kappa shape index (κ2) is 5.18. The van der Waals surface area contributed by atoms with Crippen molar-refractivity contribution in [2.45, 2.75) is 25.2 Å². The molecule has 3 atom stereocenters. The summed E-state index contributed by atoms with van der Waals surface area (Å²) in [4.78, 5) is 0. The summed E-state index contributed by atoms with van der Waals surface area (Å²) in [6, 6.07) is 19.7. The van der Waals surface area contributed by atoms with Crippen LogP contribution in [0.4, 0.5) is 0 Å². The molecule has 98 valence electrons. The largest absolute Gasteiger partial charge is 0.330 e. The van der Waals surface area contributed by atoms with Gasteiger partial charge in [-0.1, -0.05) is 60.2 Å². The predicted octanol–water partition coefficient (Wildman–Crippen LogP) is 3.84. The highest BCUT2D eigenvalue weighted by Crippen LogP contribution is 2.54. The highest BCUT2D eigenvalue weighted by atomic mass is 14.6. The summed E-state index contributed by atoms with van der Waals surface area (Å²) in [6.45, 7) is 2.88. The molecular formula is C18H21N. The molecule has 2 N–H and O–H groups in total. The fourth-order valence-electron chi connectivity index (χ4n) is 3.11. The van der Waals surface area contributed by atoms with Crippen molar-refractivity contribution in [3.8, 4) is 0 Å². The minimum Gasteiger partial charge on any atom is -0.330 e. The predicted molar refractivity (Wildman–Crippen MR) is 80.3 cm³/mol. The van der Waals surface area contributed by atoms with Crippen LogP contribution in [0.5, 0.6) is 0 Å². The average molecular weight is 251 g/mol. The van der Waals surface area contributed by atoms with E-state index in [1.165, 1.54) is 23.1 Å². The van der Waals surface area contributed by atoms with Crippen LogP contribution in [0.2, 0.25) is 0 Å². The van der Waals surface area contributed by atoms with Crippen molar-refractivity contribution in [1.29, 1.82) is 0 Å². The zero-order valence-electron chi connectivity index (χ0n) is 11.4. The maximum Gasteiger partial charge on any atom is -0.000449 e. The van der Waals surface area contributed by atoms with Crippen molar-refractivity contribution < 1.29 is 0 Å². The number of nitrogens with two attached hydrogens (primary N) is 1. The van der Waals surface area contributed by atoms with Gasteiger partial charge in [0.2, 0.25) is 0 Å². The Labute approximate surface area is 115 Å². The van der Waals surface area contributed by atoms with E-state index < -0.39 is 0 Å². The second-order valence-electron chi connectivity index (χ2n) is 5.67. The molecule has 0 saturated heterocycles. The minimum atomic E-state index is 0.505. The van der Waals surface area contributed by atoms with Crippen LogP contribution < -0.4 is 5.73 Å². The minimum absolute atomic E-state index is 0.505. The molecule has 1 nitrogen and oxygen atoms in total. The summed E-state index contributed by atoms with van der Waals surface area (Å²) in [5.74, 6) is 1.93. The Bertz CT molecular complexity index is 529. The lowest BCUT2D eigenvalue weighted by molar-refractivity contribution is 0.600. The maximum absolute atomic E-state index is 6.02. The van der Waals surface area contributed by atoms with E-state index in [2.05, 4.69) is 61.5 Å². The average Bonchev–Trinajstić information content (AvgIpc) is 3.23. The third kappa shape index (κ3) is 2.57. The van der Waals surface area contributed by atoms with Crippen molar-refractivity contribution in [2.24, 2.45) is 11.7 Å². The van der Waals surface area contributed by atoms with Gasteiger partial charge in [0, 0.05) is 0 Å². The molecule has 1 aliphatic carbocycles. The van der Waals surface area contributed by atoms with E-state index in [9.17, 15) is 0 Å². The molecule has 0 heterocycles. The Morgan fingerprint density at radius 1 is 1.05 bits per heavy atom. The Morgan fingerprint density at radius 2 is 1.74 bits per heavy atom. The van der Waals surface area contributed by atoms with Crippen LogP contribution in [0.15, 0.2) is 54.6 Å². The number of hydrogen-bond acceptors (Lipinski definition) is 1. The normalized spacial score (nSPS) is 23.1. The lowest BCUT2D eigenvalue weighted by Gasteiger charge is -2.15. The molecule has 0 radical (unpaired) electrons. The molecule has 2 aromatic carbocycles. The molecule has 19 heavy (non-hydrogen) atoms. The summed E-state index contributed by atoms with van der Waals surface area (Å²) in [7, 11) is 0. The summed E-state index contributed by atoms with van der Waals surface area (Å²) in [6.07, 6.45) is 1.28. The standard InChI is InChI=1S/C18H21N/c1-13-7-9-15(10-8-13)18(12-19)17-11-16(17)14-5-3-2-4-6-14/h2-10,16-18H,11-12,19H2,1H3. The van der Waals surface area contributed by atoms with E-state index in [-0.39, 0.29) is 0 Å². The van der Waals surface area contributed by atoms with E-state index >= 15 is 0 Å². The fraction of sp³-hybridized carbons (Fsp3) is 0.333. The first-order valence-corrected chi connectivity index (χ1v) is 7.11. The van der Waals surface area contributed by atoms with Crippen LogP contribution in [-0.2, 0) is 0 Å². The third-order valence-corrected chi connectivity index (χ3v) is 4.34. The number of hydrogen-bond donors (Lipinski definition) is 1. The topological polar surface area (TPSA) is 26.0 Å². The lowest BCUT2D eigenvalue weighted by Crippen LogP contribution is -2.15. The number of aryl methyl sites for hydroxylation is 1. The van der Waals surface area contributed by atoms with Crippen LogP contribution in [0.3, 0.4) is 0 Å². The summed E-state index contributed by atoms with van der Waals surface area (Å²) in [5, 5.41) is 0. The molecule has 2 aromatic rings. The summed E-state index contributed by atoms with van der Waals surface area (Å²) >= 11 is 0. The van der Waals surface area contributed by atoms with Gasteiger partial charge in [0.1, 0.15) is 0 Å². The van der Waals surface area contributed by atoms with Crippen molar-refractivity contribution in [3.63, 3.8) is 0 Å². The molecule has 1 saturated carbocycles. The summed E-state index contributed by atoms with van der Waals surface area (Å²) in [5.41, 5.74) is 10.2. The van der Waals surface area contributed by atoms with Crippen molar-refractivity contribution in [2.75, 3.05) is 6.54 Å². The monoisotopic (exact) mass is 251 g/mol. The van der Waals surface area contributed by atoms with E-state index in [0.29, 0.717) is 11.8 Å². The van der Waals surface area contributed by atoms with Gasteiger partial charge >= 0.3 is 0 Å². The SMILES string of the molecule is Cc1ccc(C(CN)C2CC2c2ccccc2)cc1. The molecule has 0 spiro atoms. The van der Waals surface area contributed by atoms with Crippen LogP contribution in [0.1, 0.15) is 34.9 Å². The molecule has 3 rings (SSSR count). The molecule has 0 aliphatic heterocycles. The van der Waals surface area contributed by atoms with Gasteiger partial charge in [-0.25, -0.2) is 0 Å². The molecule has 0 bridgehead atoms. The smallest absolute Gasteiger partial charge is 0.000449 e. The first-order valence-electron chi connectivity index (χ1n) is 7.11. The highest BCUT2D eigenvalue weighted by Gasteiger charge is 2.43.